The topological polar surface area (TPSA) is 105 Å². The number of nitrogens with one attached hydrogen (secondary N) is 3. The number of aryl methyl sites for hydroxylation is 2. The van der Waals surface area contributed by atoms with Crippen LogP contribution in [0.3, 0.4) is 0 Å². The zero-order valence-electron chi connectivity index (χ0n) is 11.6. The average Bonchev–Trinajstić information content (AvgIpc) is 2.94. The summed E-state index contributed by atoms with van der Waals surface area (Å²) in [7, 11) is -1.97. The molecule has 2 aromatic heterocycles. The van der Waals surface area contributed by atoms with E-state index in [1.54, 1.807) is 24.9 Å². The third-order valence-electron chi connectivity index (χ3n) is 2.77. The van der Waals surface area contributed by atoms with Crippen molar-refractivity contribution in [2.24, 2.45) is 7.05 Å². The highest BCUT2D eigenvalue weighted by atomic mass is 32.2. The van der Waals surface area contributed by atoms with Crippen molar-refractivity contribution in [1.82, 2.24) is 25.3 Å². The first-order valence-corrected chi connectivity index (χ1v) is 7.68. The van der Waals surface area contributed by atoms with Crippen LogP contribution < -0.4 is 10.0 Å². The van der Waals surface area contributed by atoms with Gasteiger partial charge in [-0.15, -0.1) is 0 Å². The molecule has 9 heteroatoms. The molecule has 0 aliphatic carbocycles. The van der Waals surface area contributed by atoms with E-state index in [2.05, 4.69) is 25.3 Å². The molecule has 0 atom stereocenters. The maximum Gasteiger partial charge on any atom is 0.279 e. The number of nitrogens with zero attached hydrogens (tertiary/aromatic N) is 3. The van der Waals surface area contributed by atoms with Gasteiger partial charge < -0.3 is 5.32 Å². The Hall–Kier alpha value is -1.87. The molecule has 2 aromatic rings. The van der Waals surface area contributed by atoms with Gasteiger partial charge in [0.2, 0.25) is 0 Å². The zero-order valence-corrected chi connectivity index (χ0v) is 12.5. The van der Waals surface area contributed by atoms with Crippen molar-refractivity contribution in [3.05, 3.63) is 23.7 Å². The fourth-order valence-corrected chi connectivity index (χ4v) is 3.05. The van der Waals surface area contributed by atoms with Crippen LogP contribution in [0.25, 0.3) is 0 Å². The number of aromatic nitrogens is 4. The number of H-pyrrole nitrogens is 1. The molecular formula is C11H18N6O2S. The minimum absolute atomic E-state index is 0.0710. The van der Waals surface area contributed by atoms with E-state index in [0.29, 0.717) is 23.5 Å². The summed E-state index contributed by atoms with van der Waals surface area (Å²) in [4.78, 5) is 0. The molecule has 2 rings (SSSR count). The molecule has 0 spiro atoms. The first-order valence-electron chi connectivity index (χ1n) is 6.20. The third-order valence-corrected chi connectivity index (χ3v) is 4.15. The Morgan fingerprint density at radius 2 is 2.20 bits per heavy atom. The number of hydrogen-bond donors (Lipinski definition) is 3. The van der Waals surface area contributed by atoms with Crippen LogP contribution in [-0.4, -0.2) is 34.9 Å². The van der Waals surface area contributed by atoms with Gasteiger partial charge in [-0.25, -0.2) is 0 Å². The zero-order chi connectivity index (χ0) is 14.8. The molecule has 110 valence electrons. The van der Waals surface area contributed by atoms with E-state index in [1.807, 2.05) is 6.92 Å². The lowest BCUT2D eigenvalue weighted by Crippen LogP contribution is -2.18. The lowest BCUT2D eigenvalue weighted by atomic mass is 10.3. The molecule has 2 heterocycles. The van der Waals surface area contributed by atoms with Gasteiger partial charge in [0.15, 0.2) is 5.03 Å². The smallest absolute Gasteiger partial charge is 0.279 e. The summed E-state index contributed by atoms with van der Waals surface area (Å²) in [6.45, 7) is 4.88. The van der Waals surface area contributed by atoms with Crippen molar-refractivity contribution in [2.45, 2.75) is 25.4 Å². The summed E-state index contributed by atoms with van der Waals surface area (Å²) in [6.07, 6.45) is 3.13. The summed E-state index contributed by atoms with van der Waals surface area (Å²) in [6, 6.07) is 0. The molecule has 0 aromatic carbocycles. The molecule has 0 saturated heterocycles. The second kappa shape index (κ2) is 5.63. The molecule has 0 radical (unpaired) electrons. The standard InChI is InChI=1S/C11H18N6O2S/c1-4-12-5-9-6-13-14-11(9)20(18,19)16-10-7-17(3)15-8(10)2/h6-7,12,16H,4-5H2,1-3H3,(H,13,14). The summed E-state index contributed by atoms with van der Waals surface area (Å²) in [5, 5.41) is 13.6. The van der Waals surface area contributed by atoms with Gasteiger partial charge >= 0.3 is 0 Å². The van der Waals surface area contributed by atoms with Crippen LogP contribution >= 0.6 is 0 Å². The number of sulfonamides is 1. The Labute approximate surface area is 117 Å². The highest BCUT2D eigenvalue weighted by Gasteiger charge is 2.22. The molecular weight excluding hydrogens is 280 g/mol. The minimum Gasteiger partial charge on any atom is -0.313 e. The molecule has 20 heavy (non-hydrogen) atoms. The van der Waals surface area contributed by atoms with E-state index in [-0.39, 0.29) is 5.03 Å². The highest BCUT2D eigenvalue weighted by molar-refractivity contribution is 7.92. The molecule has 0 bridgehead atoms. The van der Waals surface area contributed by atoms with E-state index in [4.69, 9.17) is 0 Å². The van der Waals surface area contributed by atoms with Gasteiger partial charge in [-0.2, -0.15) is 18.6 Å². The summed E-state index contributed by atoms with van der Waals surface area (Å²) >= 11 is 0. The number of hydrogen-bond acceptors (Lipinski definition) is 5. The fraction of sp³-hybridized carbons (Fsp3) is 0.455. The van der Waals surface area contributed by atoms with Gasteiger partial charge in [-0.05, 0) is 13.5 Å². The van der Waals surface area contributed by atoms with E-state index in [9.17, 15) is 8.42 Å². The molecule has 0 unspecified atom stereocenters. The normalized spacial score (nSPS) is 11.8. The average molecular weight is 298 g/mol. The molecule has 0 amide bonds. The summed E-state index contributed by atoms with van der Waals surface area (Å²) < 4.78 is 28.8. The Bertz CT molecular complexity index is 688. The quantitative estimate of drug-likeness (QED) is 0.714. The van der Waals surface area contributed by atoms with Crippen LogP contribution in [0, 0.1) is 6.92 Å². The lowest BCUT2D eigenvalue weighted by molar-refractivity contribution is 0.594. The summed E-state index contributed by atoms with van der Waals surface area (Å²) in [5.41, 5.74) is 1.67. The van der Waals surface area contributed by atoms with Crippen LogP contribution in [0.4, 0.5) is 5.69 Å². The number of rotatable bonds is 6. The fourth-order valence-electron chi connectivity index (χ4n) is 1.81. The van der Waals surface area contributed by atoms with E-state index < -0.39 is 10.0 Å². The highest BCUT2D eigenvalue weighted by Crippen LogP contribution is 2.19. The van der Waals surface area contributed by atoms with Crippen LogP contribution in [0.1, 0.15) is 18.2 Å². The van der Waals surface area contributed by atoms with E-state index in [1.165, 1.54) is 6.20 Å². The predicted molar refractivity (Wildman–Crippen MR) is 74.7 cm³/mol. The van der Waals surface area contributed by atoms with E-state index >= 15 is 0 Å². The van der Waals surface area contributed by atoms with Crippen molar-refractivity contribution in [3.8, 4) is 0 Å². The SMILES string of the molecule is CCNCc1cn[nH]c1S(=O)(=O)Nc1cn(C)nc1C. The van der Waals surface area contributed by atoms with Crippen molar-refractivity contribution in [1.29, 1.82) is 0 Å². The van der Waals surface area contributed by atoms with Gasteiger partial charge in [0.1, 0.15) is 0 Å². The van der Waals surface area contributed by atoms with Gasteiger partial charge in [0, 0.05) is 25.4 Å². The molecule has 8 nitrogen and oxygen atoms in total. The van der Waals surface area contributed by atoms with Crippen molar-refractivity contribution in [2.75, 3.05) is 11.3 Å². The van der Waals surface area contributed by atoms with Crippen LogP contribution in [-0.2, 0) is 23.6 Å². The first kappa shape index (κ1) is 14.5. The van der Waals surface area contributed by atoms with Gasteiger partial charge in [-0.1, -0.05) is 6.92 Å². The molecule has 0 fully saturated rings. The second-order valence-corrected chi connectivity index (χ2v) is 6.03. The summed E-state index contributed by atoms with van der Waals surface area (Å²) in [5.74, 6) is 0. The lowest BCUT2D eigenvalue weighted by Gasteiger charge is -2.07. The predicted octanol–water partition coefficient (Wildman–Crippen LogP) is 0.362. The Kier molecular flexibility index (Phi) is 4.09. The molecule has 0 aliphatic heterocycles. The van der Waals surface area contributed by atoms with Crippen molar-refractivity contribution >= 4 is 15.7 Å². The molecule has 0 aliphatic rings. The van der Waals surface area contributed by atoms with Gasteiger partial charge in [0.05, 0.1) is 17.6 Å². The van der Waals surface area contributed by atoms with Crippen molar-refractivity contribution in [3.63, 3.8) is 0 Å². The Morgan fingerprint density at radius 1 is 1.45 bits per heavy atom. The maximum absolute atomic E-state index is 12.4. The van der Waals surface area contributed by atoms with Crippen LogP contribution in [0.5, 0.6) is 0 Å². The van der Waals surface area contributed by atoms with Crippen LogP contribution in [0.15, 0.2) is 17.4 Å². The largest absolute Gasteiger partial charge is 0.313 e. The first-order chi connectivity index (χ1) is 9.44. The van der Waals surface area contributed by atoms with Gasteiger partial charge in [-0.3, -0.25) is 14.5 Å². The second-order valence-electron chi connectivity index (χ2n) is 4.41. The van der Waals surface area contributed by atoms with E-state index in [0.717, 1.165) is 6.54 Å². The molecule has 3 N–H and O–H groups in total. The monoisotopic (exact) mass is 298 g/mol. The van der Waals surface area contributed by atoms with Crippen molar-refractivity contribution < 1.29 is 8.42 Å². The molecule has 0 saturated carbocycles. The number of aromatic amines is 1. The Balaban J connectivity index is 2.27. The van der Waals surface area contributed by atoms with Gasteiger partial charge in [0.25, 0.3) is 10.0 Å². The third kappa shape index (κ3) is 2.99. The minimum atomic E-state index is -3.70. The Morgan fingerprint density at radius 3 is 2.80 bits per heavy atom. The van der Waals surface area contributed by atoms with Crippen LogP contribution in [0.2, 0.25) is 0 Å². The maximum atomic E-state index is 12.4. The number of anilines is 1.